The van der Waals surface area contributed by atoms with Gasteiger partial charge in [-0.15, -0.1) is 0 Å². The number of nitrogens with one attached hydrogen (secondary N) is 1. The zero-order chi connectivity index (χ0) is 12.5. The first-order valence-electron chi connectivity index (χ1n) is 5.87. The lowest BCUT2D eigenvalue weighted by molar-refractivity contribution is -0.141. The molecule has 0 radical (unpaired) electrons. The van der Waals surface area contributed by atoms with Gasteiger partial charge < -0.3 is 10.1 Å². The number of ether oxygens (including phenoxy) is 1. The van der Waals surface area contributed by atoms with Gasteiger partial charge in [-0.1, -0.05) is 37.4 Å². The maximum atomic E-state index is 11.3. The van der Waals surface area contributed by atoms with Crippen LogP contribution in [0.4, 0.5) is 5.69 Å². The van der Waals surface area contributed by atoms with Crippen LogP contribution >= 0.6 is 11.6 Å². The zero-order valence-electron chi connectivity index (χ0n) is 10.0. The minimum atomic E-state index is -0.235. The molecule has 0 aliphatic heterocycles. The average Bonchev–Trinajstić information content (AvgIpc) is 2.32. The molecule has 0 unspecified atom stereocenters. The minimum absolute atomic E-state index is 0.173. The van der Waals surface area contributed by atoms with Crippen molar-refractivity contribution in [2.45, 2.75) is 26.2 Å². The van der Waals surface area contributed by atoms with Crippen LogP contribution in [0.5, 0.6) is 0 Å². The van der Waals surface area contributed by atoms with Crippen molar-refractivity contribution in [1.29, 1.82) is 0 Å². The third-order valence-electron chi connectivity index (χ3n) is 2.27. The van der Waals surface area contributed by atoms with Gasteiger partial charge in [-0.3, -0.25) is 4.79 Å². The van der Waals surface area contributed by atoms with Gasteiger partial charge in [0.25, 0.3) is 0 Å². The molecular weight excluding hydrogens is 238 g/mol. The molecule has 0 aliphatic carbocycles. The van der Waals surface area contributed by atoms with E-state index in [0.29, 0.717) is 11.6 Å². The van der Waals surface area contributed by atoms with E-state index in [1.165, 1.54) is 0 Å². The average molecular weight is 256 g/mol. The number of hydrogen-bond acceptors (Lipinski definition) is 3. The molecule has 1 aromatic rings. The fourth-order valence-corrected chi connectivity index (χ4v) is 1.55. The summed E-state index contributed by atoms with van der Waals surface area (Å²) >= 11 is 5.82. The second-order valence-corrected chi connectivity index (χ2v) is 4.23. The van der Waals surface area contributed by atoms with Gasteiger partial charge in [0.15, 0.2) is 0 Å². The van der Waals surface area contributed by atoms with Gasteiger partial charge in [-0.05, 0) is 24.6 Å². The number of esters is 1. The van der Waals surface area contributed by atoms with E-state index in [2.05, 4.69) is 12.2 Å². The number of halogens is 1. The molecule has 4 heteroatoms. The molecule has 0 heterocycles. The smallest absolute Gasteiger partial charge is 0.325 e. The SMILES string of the molecule is CCCCCOC(=O)CNc1cccc(Cl)c1. The van der Waals surface area contributed by atoms with Crippen molar-refractivity contribution in [3.63, 3.8) is 0 Å². The van der Waals surface area contributed by atoms with Gasteiger partial charge in [0.1, 0.15) is 6.54 Å². The summed E-state index contributed by atoms with van der Waals surface area (Å²) < 4.78 is 5.06. The minimum Gasteiger partial charge on any atom is -0.464 e. The van der Waals surface area contributed by atoms with Crippen molar-refractivity contribution >= 4 is 23.3 Å². The molecule has 1 rings (SSSR count). The fourth-order valence-electron chi connectivity index (χ4n) is 1.36. The van der Waals surface area contributed by atoms with Crippen LogP contribution in [0.2, 0.25) is 5.02 Å². The molecule has 1 N–H and O–H groups in total. The van der Waals surface area contributed by atoms with E-state index >= 15 is 0 Å². The first kappa shape index (κ1) is 13.8. The summed E-state index contributed by atoms with van der Waals surface area (Å²) in [6, 6.07) is 7.25. The predicted octanol–water partition coefficient (Wildman–Crippen LogP) is 3.49. The number of carbonyl (C=O) groups excluding carboxylic acids is 1. The number of anilines is 1. The molecule has 0 amide bonds. The van der Waals surface area contributed by atoms with Crippen molar-refractivity contribution in [3.8, 4) is 0 Å². The Bertz CT molecular complexity index is 355. The van der Waals surface area contributed by atoms with Crippen molar-refractivity contribution in [1.82, 2.24) is 0 Å². The molecule has 0 saturated heterocycles. The molecule has 94 valence electrons. The molecule has 3 nitrogen and oxygen atoms in total. The normalized spacial score (nSPS) is 10.0. The van der Waals surface area contributed by atoms with Crippen LogP contribution in [0.25, 0.3) is 0 Å². The zero-order valence-corrected chi connectivity index (χ0v) is 10.8. The highest BCUT2D eigenvalue weighted by atomic mass is 35.5. The maximum Gasteiger partial charge on any atom is 0.325 e. The monoisotopic (exact) mass is 255 g/mol. The van der Waals surface area contributed by atoms with E-state index in [9.17, 15) is 4.79 Å². The summed E-state index contributed by atoms with van der Waals surface area (Å²) in [6.45, 7) is 2.79. The number of unbranched alkanes of at least 4 members (excludes halogenated alkanes) is 2. The van der Waals surface area contributed by atoms with Gasteiger partial charge in [-0.2, -0.15) is 0 Å². The number of rotatable bonds is 7. The van der Waals surface area contributed by atoms with Gasteiger partial charge >= 0.3 is 5.97 Å². The molecule has 17 heavy (non-hydrogen) atoms. The molecule has 0 spiro atoms. The highest BCUT2D eigenvalue weighted by molar-refractivity contribution is 6.30. The van der Waals surface area contributed by atoms with Crippen LogP contribution in [0, 0.1) is 0 Å². The largest absolute Gasteiger partial charge is 0.464 e. The lowest BCUT2D eigenvalue weighted by Crippen LogP contribution is -2.17. The predicted molar refractivity (Wildman–Crippen MR) is 70.4 cm³/mol. The van der Waals surface area contributed by atoms with Gasteiger partial charge in [0, 0.05) is 10.7 Å². The van der Waals surface area contributed by atoms with Gasteiger partial charge in [-0.25, -0.2) is 0 Å². The van der Waals surface area contributed by atoms with E-state index in [1.54, 1.807) is 12.1 Å². The van der Waals surface area contributed by atoms with E-state index in [1.807, 2.05) is 12.1 Å². The Hall–Kier alpha value is -1.22. The van der Waals surface area contributed by atoms with Crippen LogP contribution in [0.3, 0.4) is 0 Å². The Labute approximate surface area is 107 Å². The molecular formula is C13H18ClNO2. The van der Waals surface area contributed by atoms with Crippen molar-refractivity contribution < 1.29 is 9.53 Å². The quantitative estimate of drug-likeness (QED) is 0.599. The second-order valence-electron chi connectivity index (χ2n) is 3.79. The topological polar surface area (TPSA) is 38.3 Å². The third kappa shape index (κ3) is 6.17. The Morgan fingerprint density at radius 3 is 2.94 bits per heavy atom. The Balaban J connectivity index is 2.19. The van der Waals surface area contributed by atoms with Crippen molar-refractivity contribution in [2.75, 3.05) is 18.5 Å². The lowest BCUT2D eigenvalue weighted by atomic mass is 10.3. The summed E-state index contributed by atoms with van der Waals surface area (Å²) in [5, 5.41) is 3.61. The first-order valence-corrected chi connectivity index (χ1v) is 6.25. The Morgan fingerprint density at radius 2 is 2.24 bits per heavy atom. The standard InChI is InChI=1S/C13H18ClNO2/c1-2-3-4-8-17-13(16)10-15-12-7-5-6-11(14)9-12/h5-7,9,15H,2-4,8,10H2,1H3. The third-order valence-corrected chi connectivity index (χ3v) is 2.51. The molecule has 0 bridgehead atoms. The highest BCUT2D eigenvalue weighted by Gasteiger charge is 2.02. The lowest BCUT2D eigenvalue weighted by Gasteiger charge is -2.07. The Kier molecular flexibility index (Phi) is 6.48. The van der Waals surface area contributed by atoms with Crippen molar-refractivity contribution in [3.05, 3.63) is 29.3 Å². The van der Waals surface area contributed by atoms with Crippen LogP contribution < -0.4 is 5.32 Å². The number of hydrogen-bond donors (Lipinski definition) is 1. The van der Waals surface area contributed by atoms with Crippen LogP contribution in [-0.2, 0) is 9.53 Å². The molecule has 0 fully saturated rings. The van der Waals surface area contributed by atoms with Gasteiger partial charge in [0.2, 0.25) is 0 Å². The Morgan fingerprint density at radius 1 is 1.41 bits per heavy atom. The first-order chi connectivity index (χ1) is 8.22. The van der Waals surface area contributed by atoms with E-state index in [-0.39, 0.29) is 12.5 Å². The van der Waals surface area contributed by atoms with Crippen LogP contribution in [-0.4, -0.2) is 19.1 Å². The van der Waals surface area contributed by atoms with Crippen molar-refractivity contribution in [2.24, 2.45) is 0 Å². The fraction of sp³-hybridized carbons (Fsp3) is 0.462. The molecule has 1 aromatic carbocycles. The summed E-state index contributed by atoms with van der Waals surface area (Å²) in [7, 11) is 0. The van der Waals surface area contributed by atoms with E-state index in [0.717, 1.165) is 24.9 Å². The molecule has 0 saturated carbocycles. The molecule has 0 aromatic heterocycles. The highest BCUT2D eigenvalue weighted by Crippen LogP contribution is 2.14. The summed E-state index contributed by atoms with van der Waals surface area (Å²) in [4.78, 5) is 11.3. The maximum absolute atomic E-state index is 11.3. The summed E-state index contributed by atoms with van der Waals surface area (Å²) in [6.07, 6.45) is 3.15. The summed E-state index contributed by atoms with van der Waals surface area (Å²) in [5.74, 6) is -0.235. The van der Waals surface area contributed by atoms with E-state index < -0.39 is 0 Å². The van der Waals surface area contributed by atoms with Gasteiger partial charge in [0.05, 0.1) is 6.61 Å². The number of benzene rings is 1. The van der Waals surface area contributed by atoms with Crippen LogP contribution in [0.15, 0.2) is 24.3 Å². The summed E-state index contributed by atoms with van der Waals surface area (Å²) in [5.41, 5.74) is 0.822. The van der Waals surface area contributed by atoms with Crippen LogP contribution in [0.1, 0.15) is 26.2 Å². The molecule has 0 aliphatic rings. The molecule has 0 atom stereocenters. The number of carbonyl (C=O) groups is 1. The van der Waals surface area contributed by atoms with E-state index in [4.69, 9.17) is 16.3 Å². The second kappa shape index (κ2) is 7.96.